The van der Waals surface area contributed by atoms with E-state index in [0.29, 0.717) is 10.2 Å². The highest BCUT2D eigenvalue weighted by molar-refractivity contribution is 9.10. The van der Waals surface area contributed by atoms with Crippen molar-refractivity contribution in [3.05, 3.63) is 22.6 Å². The summed E-state index contributed by atoms with van der Waals surface area (Å²) in [7, 11) is 0. The fourth-order valence-electron chi connectivity index (χ4n) is 0.995. The first-order valence-electron chi connectivity index (χ1n) is 5.07. The van der Waals surface area contributed by atoms with Crippen LogP contribution in [0.15, 0.2) is 21.4 Å². The van der Waals surface area contributed by atoms with Crippen LogP contribution in [0.25, 0.3) is 0 Å². The van der Waals surface area contributed by atoms with E-state index in [1.54, 1.807) is 13.0 Å². The van der Waals surface area contributed by atoms with Gasteiger partial charge in [-0.15, -0.1) is 0 Å². The molecule has 0 spiro atoms. The number of nitrogens with one attached hydrogen (secondary N) is 1. The van der Waals surface area contributed by atoms with Crippen molar-refractivity contribution in [1.29, 1.82) is 0 Å². The Morgan fingerprint density at radius 1 is 1.69 bits per heavy atom. The lowest BCUT2D eigenvalue weighted by atomic mass is 9.92. The quantitative estimate of drug-likeness (QED) is 0.893. The molecule has 0 radical (unpaired) electrons. The van der Waals surface area contributed by atoms with E-state index >= 15 is 0 Å². The molecule has 0 bridgehead atoms. The second-order valence-corrected chi connectivity index (χ2v) is 5.12. The van der Waals surface area contributed by atoms with Gasteiger partial charge >= 0.3 is 0 Å². The van der Waals surface area contributed by atoms with Crippen molar-refractivity contribution >= 4 is 21.8 Å². The maximum absolute atomic E-state index is 11.6. The summed E-state index contributed by atoms with van der Waals surface area (Å²) in [4.78, 5) is 11.6. The molecule has 1 aromatic rings. The highest BCUT2D eigenvalue weighted by Crippen LogP contribution is 2.16. The van der Waals surface area contributed by atoms with Gasteiger partial charge in [0.05, 0.1) is 11.2 Å². The highest BCUT2D eigenvalue weighted by Gasteiger charge is 2.25. The molecule has 0 saturated heterocycles. The first kappa shape index (κ1) is 13.3. The molecule has 4 nitrogen and oxygen atoms in total. The molecule has 0 aliphatic carbocycles. The van der Waals surface area contributed by atoms with E-state index in [1.165, 1.54) is 6.26 Å². The number of carbonyl (C=O) groups excluding carboxylic acids is 1. The van der Waals surface area contributed by atoms with Crippen LogP contribution in [0.3, 0.4) is 0 Å². The Hall–Kier alpha value is -0.810. The van der Waals surface area contributed by atoms with Crippen LogP contribution in [0.5, 0.6) is 0 Å². The Bertz CT molecular complexity index is 371. The smallest absolute Gasteiger partial charge is 0.254 e. The molecule has 0 aliphatic heterocycles. The van der Waals surface area contributed by atoms with Crippen LogP contribution in [0.4, 0.5) is 0 Å². The zero-order chi connectivity index (χ0) is 12.3. The molecule has 2 N–H and O–H groups in total. The summed E-state index contributed by atoms with van der Waals surface area (Å²) in [5.74, 6) is -0.181. The van der Waals surface area contributed by atoms with Crippen LogP contribution in [-0.4, -0.2) is 23.2 Å². The standard InChI is InChI=1S/C11H16BrNO3/c1-7(2)11(3,15)6-13-10(14)8-4-9(12)16-5-8/h4-5,7,15H,6H2,1-3H3,(H,13,14). The molecule has 1 amide bonds. The van der Waals surface area contributed by atoms with Gasteiger partial charge in [0, 0.05) is 12.6 Å². The number of hydrogen-bond donors (Lipinski definition) is 2. The van der Waals surface area contributed by atoms with Gasteiger partial charge in [0.2, 0.25) is 0 Å². The summed E-state index contributed by atoms with van der Waals surface area (Å²) in [6, 6.07) is 1.58. The van der Waals surface area contributed by atoms with E-state index < -0.39 is 5.60 Å². The molecule has 1 rings (SSSR count). The van der Waals surface area contributed by atoms with E-state index in [0.717, 1.165) is 0 Å². The van der Waals surface area contributed by atoms with Crippen molar-refractivity contribution in [2.45, 2.75) is 26.4 Å². The summed E-state index contributed by atoms with van der Waals surface area (Å²) < 4.78 is 5.47. The molecule has 0 aromatic carbocycles. The molecular weight excluding hydrogens is 274 g/mol. The Kier molecular flexibility index (Phi) is 4.15. The molecule has 0 saturated carbocycles. The van der Waals surface area contributed by atoms with Crippen molar-refractivity contribution in [1.82, 2.24) is 5.32 Å². The Morgan fingerprint density at radius 3 is 2.75 bits per heavy atom. The average molecular weight is 290 g/mol. The van der Waals surface area contributed by atoms with E-state index in [9.17, 15) is 9.90 Å². The van der Waals surface area contributed by atoms with Gasteiger partial charge in [-0.3, -0.25) is 4.79 Å². The van der Waals surface area contributed by atoms with Crippen LogP contribution in [0.2, 0.25) is 0 Å². The third-order valence-electron chi connectivity index (χ3n) is 2.68. The second kappa shape index (κ2) is 5.01. The molecule has 1 atom stereocenters. The van der Waals surface area contributed by atoms with E-state index in [-0.39, 0.29) is 18.4 Å². The maximum atomic E-state index is 11.6. The lowest BCUT2D eigenvalue weighted by molar-refractivity contribution is 0.0142. The lowest BCUT2D eigenvalue weighted by Crippen LogP contribution is -2.44. The molecule has 1 heterocycles. The van der Waals surface area contributed by atoms with Crippen LogP contribution in [0.1, 0.15) is 31.1 Å². The number of amides is 1. The minimum atomic E-state index is -0.906. The summed E-state index contributed by atoms with van der Waals surface area (Å²) in [6.07, 6.45) is 1.36. The van der Waals surface area contributed by atoms with Crippen LogP contribution < -0.4 is 5.32 Å². The molecule has 0 aliphatic rings. The average Bonchev–Trinajstić information content (AvgIpc) is 2.61. The summed E-state index contributed by atoms with van der Waals surface area (Å²) >= 11 is 3.12. The monoisotopic (exact) mass is 289 g/mol. The number of furan rings is 1. The Labute approximate surface area is 103 Å². The third kappa shape index (κ3) is 3.35. The van der Waals surface area contributed by atoms with Gasteiger partial charge in [0.1, 0.15) is 6.26 Å². The van der Waals surface area contributed by atoms with Gasteiger partial charge in [0.15, 0.2) is 4.67 Å². The summed E-state index contributed by atoms with van der Waals surface area (Å²) in [5, 5.41) is 12.6. The molecule has 90 valence electrons. The van der Waals surface area contributed by atoms with Crippen LogP contribution in [-0.2, 0) is 0 Å². The zero-order valence-corrected chi connectivity index (χ0v) is 11.2. The summed E-state index contributed by atoms with van der Waals surface area (Å²) in [6.45, 7) is 5.72. The molecule has 1 unspecified atom stereocenters. The van der Waals surface area contributed by atoms with Crippen LogP contribution in [0, 0.1) is 5.92 Å². The normalized spacial score (nSPS) is 14.9. The minimum Gasteiger partial charge on any atom is -0.457 e. The van der Waals surface area contributed by atoms with Crippen molar-refractivity contribution in [3.8, 4) is 0 Å². The zero-order valence-electron chi connectivity index (χ0n) is 9.58. The molecule has 0 fully saturated rings. The van der Waals surface area contributed by atoms with Crippen molar-refractivity contribution in [2.75, 3.05) is 6.54 Å². The fraction of sp³-hybridized carbons (Fsp3) is 0.545. The first-order valence-corrected chi connectivity index (χ1v) is 5.87. The van der Waals surface area contributed by atoms with E-state index in [4.69, 9.17) is 4.42 Å². The SMILES string of the molecule is CC(C)C(C)(O)CNC(=O)c1coc(Br)c1. The van der Waals surface area contributed by atoms with Gasteiger partial charge < -0.3 is 14.8 Å². The maximum Gasteiger partial charge on any atom is 0.254 e. The van der Waals surface area contributed by atoms with Crippen molar-refractivity contribution in [2.24, 2.45) is 5.92 Å². The lowest BCUT2D eigenvalue weighted by Gasteiger charge is -2.27. The number of rotatable bonds is 4. The Morgan fingerprint density at radius 2 is 2.31 bits per heavy atom. The number of hydrogen-bond acceptors (Lipinski definition) is 3. The van der Waals surface area contributed by atoms with E-state index in [1.807, 2.05) is 13.8 Å². The number of carbonyl (C=O) groups is 1. The molecular formula is C11H16BrNO3. The highest BCUT2D eigenvalue weighted by atomic mass is 79.9. The van der Waals surface area contributed by atoms with Crippen molar-refractivity contribution in [3.63, 3.8) is 0 Å². The number of aliphatic hydroxyl groups is 1. The van der Waals surface area contributed by atoms with Gasteiger partial charge in [-0.2, -0.15) is 0 Å². The fourth-order valence-corrected chi connectivity index (χ4v) is 1.33. The molecule has 1 aromatic heterocycles. The Balaban J connectivity index is 2.54. The second-order valence-electron chi connectivity index (χ2n) is 4.33. The van der Waals surface area contributed by atoms with Gasteiger partial charge in [-0.1, -0.05) is 13.8 Å². The van der Waals surface area contributed by atoms with Gasteiger partial charge in [-0.05, 0) is 28.8 Å². The predicted octanol–water partition coefficient (Wildman–Crippen LogP) is 2.18. The third-order valence-corrected chi connectivity index (χ3v) is 3.10. The van der Waals surface area contributed by atoms with Crippen molar-refractivity contribution < 1.29 is 14.3 Å². The first-order chi connectivity index (χ1) is 7.33. The topological polar surface area (TPSA) is 62.5 Å². The van der Waals surface area contributed by atoms with Gasteiger partial charge in [-0.25, -0.2) is 0 Å². The molecule has 5 heteroatoms. The molecule has 16 heavy (non-hydrogen) atoms. The number of halogens is 1. The van der Waals surface area contributed by atoms with Crippen LogP contribution >= 0.6 is 15.9 Å². The predicted molar refractivity (Wildman–Crippen MR) is 64.2 cm³/mol. The van der Waals surface area contributed by atoms with E-state index in [2.05, 4.69) is 21.2 Å². The largest absolute Gasteiger partial charge is 0.457 e. The minimum absolute atomic E-state index is 0.0730. The van der Waals surface area contributed by atoms with Gasteiger partial charge in [0.25, 0.3) is 5.91 Å². The summed E-state index contributed by atoms with van der Waals surface area (Å²) in [5.41, 5.74) is -0.470.